The Morgan fingerprint density at radius 3 is 3.17 bits per heavy atom. The number of aromatic nitrogens is 2. The summed E-state index contributed by atoms with van der Waals surface area (Å²) in [6.07, 6.45) is 1.60. The lowest BCUT2D eigenvalue weighted by molar-refractivity contribution is 1.16. The van der Waals surface area contributed by atoms with Gasteiger partial charge in [0.15, 0.2) is 0 Å². The Morgan fingerprint density at radius 2 is 2.50 bits per heavy atom. The highest BCUT2D eigenvalue weighted by Crippen LogP contribution is 2.00. The molecule has 3 N–H and O–H groups in total. The predicted octanol–water partition coefficient (Wildman–Crippen LogP) is 0.494. The lowest BCUT2D eigenvalue weighted by Crippen LogP contribution is -2.03. The minimum absolute atomic E-state index is 0.268. The lowest BCUT2D eigenvalue weighted by atomic mass is 10.5. The molecule has 0 unspecified atom stereocenters. The molecule has 4 heteroatoms. The number of nitrogens with two attached hydrogens (primary N) is 1. The molecule has 1 rings (SSSR count). The third-order valence-electron chi connectivity index (χ3n) is 1.21. The van der Waals surface area contributed by atoms with Gasteiger partial charge in [-0.3, -0.25) is 0 Å². The van der Waals surface area contributed by atoms with Gasteiger partial charge >= 0.3 is 0 Å². The normalized spacial score (nSPS) is 8.42. The SMILES string of the molecule is CC#CCNc1ccnc(N)n1. The number of rotatable bonds is 2. The maximum atomic E-state index is 5.36. The topological polar surface area (TPSA) is 63.8 Å². The van der Waals surface area contributed by atoms with E-state index in [1.54, 1.807) is 19.2 Å². The van der Waals surface area contributed by atoms with Gasteiger partial charge in [-0.1, -0.05) is 5.92 Å². The van der Waals surface area contributed by atoms with Crippen LogP contribution in [0.15, 0.2) is 12.3 Å². The van der Waals surface area contributed by atoms with Crippen LogP contribution in [0.1, 0.15) is 6.92 Å². The second-order valence-corrected chi connectivity index (χ2v) is 2.08. The van der Waals surface area contributed by atoms with Gasteiger partial charge in [-0.25, -0.2) is 4.98 Å². The molecule has 12 heavy (non-hydrogen) atoms. The lowest BCUT2D eigenvalue weighted by Gasteiger charge is -1.99. The van der Waals surface area contributed by atoms with Crippen LogP contribution < -0.4 is 11.1 Å². The van der Waals surface area contributed by atoms with E-state index in [0.717, 1.165) is 0 Å². The van der Waals surface area contributed by atoms with E-state index in [-0.39, 0.29) is 5.95 Å². The molecule has 0 aliphatic heterocycles. The molecule has 0 fully saturated rings. The summed E-state index contributed by atoms with van der Waals surface area (Å²) in [5.41, 5.74) is 5.36. The standard InChI is InChI=1S/C8H10N4/c1-2-3-5-10-7-4-6-11-8(9)12-7/h4,6H,5H2,1H3,(H3,9,10,11,12). The van der Waals surface area contributed by atoms with Gasteiger partial charge < -0.3 is 11.1 Å². The molecule has 0 radical (unpaired) electrons. The molecule has 0 amide bonds. The number of nitrogens with one attached hydrogen (secondary N) is 1. The number of nitrogens with zero attached hydrogens (tertiary/aromatic N) is 2. The van der Waals surface area contributed by atoms with Crippen LogP contribution in [0.3, 0.4) is 0 Å². The molecule has 1 heterocycles. The van der Waals surface area contributed by atoms with Gasteiger partial charge in [0, 0.05) is 6.20 Å². The molecule has 0 atom stereocenters. The van der Waals surface area contributed by atoms with E-state index in [2.05, 4.69) is 27.1 Å². The van der Waals surface area contributed by atoms with Crippen LogP contribution >= 0.6 is 0 Å². The van der Waals surface area contributed by atoms with Crippen molar-refractivity contribution in [2.75, 3.05) is 17.6 Å². The first-order valence-corrected chi connectivity index (χ1v) is 3.55. The van der Waals surface area contributed by atoms with Crippen molar-refractivity contribution in [1.82, 2.24) is 9.97 Å². The molecular formula is C8H10N4. The van der Waals surface area contributed by atoms with Gasteiger partial charge in [-0.15, -0.1) is 5.92 Å². The minimum atomic E-state index is 0.268. The van der Waals surface area contributed by atoms with E-state index in [1.807, 2.05) is 0 Å². The second-order valence-electron chi connectivity index (χ2n) is 2.08. The first-order chi connectivity index (χ1) is 5.83. The van der Waals surface area contributed by atoms with Crippen LogP contribution in [0.2, 0.25) is 0 Å². The van der Waals surface area contributed by atoms with Crippen molar-refractivity contribution in [3.05, 3.63) is 12.3 Å². The van der Waals surface area contributed by atoms with Crippen molar-refractivity contribution >= 4 is 11.8 Å². The number of hydrogen-bond donors (Lipinski definition) is 2. The third kappa shape index (κ3) is 2.46. The Hall–Kier alpha value is -1.76. The molecule has 62 valence electrons. The van der Waals surface area contributed by atoms with Crippen LogP contribution in [-0.4, -0.2) is 16.5 Å². The van der Waals surface area contributed by atoms with Crippen molar-refractivity contribution in [3.8, 4) is 11.8 Å². The molecule has 0 aromatic carbocycles. The quantitative estimate of drug-likeness (QED) is 0.621. The van der Waals surface area contributed by atoms with Crippen molar-refractivity contribution in [2.45, 2.75) is 6.92 Å². The predicted molar refractivity (Wildman–Crippen MR) is 48.4 cm³/mol. The maximum absolute atomic E-state index is 5.36. The summed E-state index contributed by atoms with van der Waals surface area (Å²) in [7, 11) is 0. The van der Waals surface area contributed by atoms with E-state index < -0.39 is 0 Å². The van der Waals surface area contributed by atoms with Gasteiger partial charge in [-0.05, 0) is 13.0 Å². The Balaban J connectivity index is 2.55. The molecule has 0 saturated carbocycles. The van der Waals surface area contributed by atoms with Crippen LogP contribution in [-0.2, 0) is 0 Å². The van der Waals surface area contributed by atoms with Gasteiger partial charge in [0.2, 0.25) is 5.95 Å². The zero-order valence-corrected chi connectivity index (χ0v) is 6.83. The summed E-state index contributed by atoms with van der Waals surface area (Å²) in [5, 5.41) is 2.98. The molecule has 0 bridgehead atoms. The van der Waals surface area contributed by atoms with Crippen LogP contribution in [0.4, 0.5) is 11.8 Å². The fourth-order valence-electron chi connectivity index (χ4n) is 0.695. The van der Waals surface area contributed by atoms with Crippen molar-refractivity contribution < 1.29 is 0 Å². The molecule has 0 spiro atoms. The average molecular weight is 162 g/mol. The molecular weight excluding hydrogens is 152 g/mol. The highest BCUT2D eigenvalue weighted by atomic mass is 15.1. The first kappa shape index (κ1) is 8.34. The maximum Gasteiger partial charge on any atom is 0.221 e. The molecule has 1 aromatic rings. The largest absolute Gasteiger partial charge is 0.368 e. The molecule has 0 aliphatic rings. The monoisotopic (exact) mass is 162 g/mol. The van der Waals surface area contributed by atoms with Crippen molar-refractivity contribution in [1.29, 1.82) is 0 Å². The zero-order chi connectivity index (χ0) is 8.81. The van der Waals surface area contributed by atoms with Gasteiger partial charge in [0.05, 0.1) is 6.54 Å². The second kappa shape index (κ2) is 4.19. The Labute approximate surface area is 71.2 Å². The average Bonchev–Trinajstić information content (AvgIpc) is 2.05. The summed E-state index contributed by atoms with van der Waals surface area (Å²) in [6, 6.07) is 1.74. The number of nitrogen functional groups attached to an aromatic ring is 1. The van der Waals surface area contributed by atoms with E-state index in [9.17, 15) is 0 Å². The van der Waals surface area contributed by atoms with Crippen molar-refractivity contribution in [3.63, 3.8) is 0 Å². The Kier molecular flexibility index (Phi) is 2.91. The summed E-state index contributed by atoms with van der Waals surface area (Å²) >= 11 is 0. The molecule has 1 aromatic heterocycles. The molecule has 4 nitrogen and oxygen atoms in total. The highest BCUT2D eigenvalue weighted by molar-refractivity contribution is 5.38. The Bertz CT molecular complexity index is 310. The first-order valence-electron chi connectivity index (χ1n) is 3.55. The van der Waals surface area contributed by atoms with Gasteiger partial charge in [-0.2, -0.15) is 4.98 Å². The molecule has 0 saturated heterocycles. The summed E-state index contributed by atoms with van der Waals surface area (Å²) < 4.78 is 0. The van der Waals surface area contributed by atoms with Gasteiger partial charge in [0.25, 0.3) is 0 Å². The summed E-state index contributed by atoms with van der Waals surface area (Å²) in [4.78, 5) is 7.69. The van der Waals surface area contributed by atoms with E-state index in [0.29, 0.717) is 12.4 Å². The van der Waals surface area contributed by atoms with Gasteiger partial charge in [0.1, 0.15) is 5.82 Å². The van der Waals surface area contributed by atoms with Crippen LogP contribution in [0.5, 0.6) is 0 Å². The van der Waals surface area contributed by atoms with Crippen molar-refractivity contribution in [2.24, 2.45) is 0 Å². The Morgan fingerprint density at radius 1 is 1.67 bits per heavy atom. The fraction of sp³-hybridized carbons (Fsp3) is 0.250. The minimum Gasteiger partial charge on any atom is -0.368 e. The number of anilines is 2. The van der Waals surface area contributed by atoms with Crippen LogP contribution in [0, 0.1) is 11.8 Å². The molecule has 0 aliphatic carbocycles. The fourth-order valence-corrected chi connectivity index (χ4v) is 0.695. The van der Waals surface area contributed by atoms with E-state index >= 15 is 0 Å². The summed E-state index contributed by atoms with van der Waals surface area (Å²) in [5.74, 6) is 6.59. The third-order valence-corrected chi connectivity index (χ3v) is 1.21. The van der Waals surface area contributed by atoms with E-state index in [1.165, 1.54) is 0 Å². The van der Waals surface area contributed by atoms with Crippen LogP contribution in [0.25, 0.3) is 0 Å². The smallest absolute Gasteiger partial charge is 0.221 e. The highest BCUT2D eigenvalue weighted by Gasteiger charge is 1.91. The summed E-state index contributed by atoms with van der Waals surface area (Å²) in [6.45, 7) is 2.36. The zero-order valence-electron chi connectivity index (χ0n) is 6.83. The number of hydrogen-bond acceptors (Lipinski definition) is 4. The van der Waals surface area contributed by atoms with E-state index in [4.69, 9.17) is 5.73 Å².